The van der Waals surface area contributed by atoms with Gasteiger partial charge >= 0.3 is 5.97 Å². The van der Waals surface area contributed by atoms with Crippen LogP contribution in [0.1, 0.15) is 22.8 Å². The van der Waals surface area contributed by atoms with Gasteiger partial charge in [0.2, 0.25) is 5.75 Å². The fourth-order valence-corrected chi connectivity index (χ4v) is 2.04. The summed E-state index contributed by atoms with van der Waals surface area (Å²) in [4.78, 5) is 11.3. The highest BCUT2D eigenvalue weighted by atomic mass is 35.5. The van der Waals surface area contributed by atoms with Crippen LogP contribution in [0.15, 0.2) is 6.07 Å². The molecule has 0 radical (unpaired) electrons. The van der Waals surface area contributed by atoms with E-state index in [1.54, 1.807) is 6.92 Å². The Morgan fingerprint density at radius 2 is 1.84 bits per heavy atom. The lowest BCUT2D eigenvalue weighted by atomic mass is 10.00. The average Bonchev–Trinajstić information content (AvgIpc) is 2.36. The number of ether oxygens (including phenoxy) is 3. The Kier molecular flexibility index (Phi) is 5.30. The van der Waals surface area contributed by atoms with E-state index in [-0.39, 0.29) is 10.9 Å². The second kappa shape index (κ2) is 6.52. The van der Waals surface area contributed by atoms with Gasteiger partial charge in [0.1, 0.15) is 0 Å². The first-order valence-electron chi connectivity index (χ1n) is 5.65. The van der Waals surface area contributed by atoms with Crippen molar-refractivity contribution in [1.82, 2.24) is 0 Å². The summed E-state index contributed by atoms with van der Waals surface area (Å²) in [7, 11) is 4.35. The molecule has 1 aromatic rings. The molecule has 0 fully saturated rings. The molecule has 1 rings (SSSR count). The van der Waals surface area contributed by atoms with Gasteiger partial charge in [-0.1, -0.05) is 0 Å². The zero-order chi connectivity index (χ0) is 14.6. The third kappa shape index (κ3) is 3.23. The fraction of sp³-hybridized carbons (Fsp3) is 0.462. The summed E-state index contributed by atoms with van der Waals surface area (Å²) in [6, 6.07) is 1.41. The van der Waals surface area contributed by atoms with Crippen molar-refractivity contribution in [3.05, 3.63) is 17.2 Å². The second-order valence-corrected chi connectivity index (χ2v) is 4.71. The normalized spacial score (nSPS) is 11.8. The molecule has 0 aliphatic carbocycles. The summed E-state index contributed by atoms with van der Waals surface area (Å²) < 4.78 is 15.6. The van der Waals surface area contributed by atoms with Crippen LogP contribution in [-0.4, -0.2) is 37.8 Å². The Bertz CT molecular complexity index is 471. The number of carboxylic acids is 1. The molecular formula is C13H17ClO5. The largest absolute Gasteiger partial charge is 0.493 e. The highest BCUT2D eigenvalue weighted by molar-refractivity contribution is 6.20. The Hall–Kier alpha value is -1.62. The van der Waals surface area contributed by atoms with Crippen molar-refractivity contribution in [2.45, 2.75) is 18.7 Å². The van der Waals surface area contributed by atoms with Gasteiger partial charge in [0, 0.05) is 10.9 Å². The lowest BCUT2D eigenvalue weighted by Crippen LogP contribution is -2.10. The number of rotatable bonds is 6. The molecule has 1 aromatic carbocycles. The van der Waals surface area contributed by atoms with Crippen molar-refractivity contribution in [3.63, 3.8) is 0 Å². The van der Waals surface area contributed by atoms with E-state index >= 15 is 0 Å². The van der Waals surface area contributed by atoms with Crippen LogP contribution < -0.4 is 14.2 Å². The standard InChI is InChI=1S/C13H17ClO5/c1-7(14)5-8-9(13(15)16)6-10(17-2)12(19-4)11(8)18-3/h6-7H,5H2,1-4H3,(H,15,16). The third-order valence-corrected chi connectivity index (χ3v) is 2.80. The smallest absolute Gasteiger partial charge is 0.336 e. The van der Waals surface area contributed by atoms with E-state index in [2.05, 4.69) is 0 Å². The van der Waals surface area contributed by atoms with Crippen molar-refractivity contribution in [2.75, 3.05) is 21.3 Å². The van der Waals surface area contributed by atoms with Crippen molar-refractivity contribution >= 4 is 17.6 Å². The van der Waals surface area contributed by atoms with Crippen LogP contribution in [0, 0.1) is 0 Å². The third-order valence-electron chi connectivity index (χ3n) is 2.65. The highest BCUT2D eigenvalue weighted by Gasteiger charge is 2.24. The monoisotopic (exact) mass is 288 g/mol. The number of hydrogen-bond acceptors (Lipinski definition) is 4. The lowest BCUT2D eigenvalue weighted by molar-refractivity contribution is 0.0694. The molecule has 0 aliphatic heterocycles. The van der Waals surface area contributed by atoms with Crippen LogP contribution in [0.4, 0.5) is 0 Å². The number of alkyl halides is 1. The maximum absolute atomic E-state index is 11.3. The second-order valence-electron chi connectivity index (χ2n) is 3.96. The molecule has 0 heterocycles. The summed E-state index contributed by atoms with van der Waals surface area (Å²) in [5.41, 5.74) is 0.595. The lowest BCUT2D eigenvalue weighted by Gasteiger charge is -2.18. The highest BCUT2D eigenvalue weighted by Crippen LogP contribution is 2.42. The van der Waals surface area contributed by atoms with Crippen LogP contribution in [0.25, 0.3) is 0 Å². The van der Waals surface area contributed by atoms with Gasteiger partial charge in [-0.15, -0.1) is 11.6 Å². The Morgan fingerprint density at radius 1 is 1.26 bits per heavy atom. The Morgan fingerprint density at radius 3 is 2.21 bits per heavy atom. The molecule has 0 spiro atoms. The average molecular weight is 289 g/mol. The summed E-state index contributed by atoms with van der Waals surface area (Å²) in [6.07, 6.45) is 0.354. The van der Waals surface area contributed by atoms with Gasteiger partial charge < -0.3 is 19.3 Å². The van der Waals surface area contributed by atoms with Crippen LogP contribution in [0.3, 0.4) is 0 Å². The minimum absolute atomic E-state index is 0.0991. The van der Waals surface area contributed by atoms with Crippen molar-refractivity contribution in [2.24, 2.45) is 0 Å². The number of aromatic carboxylic acids is 1. The zero-order valence-corrected chi connectivity index (χ0v) is 12.1. The van der Waals surface area contributed by atoms with Gasteiger partial charge in [-0.05, 0) is 19.4 Å². The molecule has 19 heavy (non-hydrogen) atoms. The first-order valence-corrected chi connectivity index (χ1v) is 6.09. The predicted molar refractivity (Wildman–Crippen MR) is 72.1 cm³/mol. The van der Waals surface area contributed by atoms with E-state index in [9.17, 15) is 9.90 Å². The van der Waals surface area contributed by atoms with Crippen molar-refractivity contribution in [1.29, 1.82) is 0 Å². The molecule has 0 aliphatic rings. The zero-order valence-electron chi connectivity index (χ0n) is 11.3. The van der Waals surface area contributed by atoms with Gasteiger partial charge in [0.05, 0.1) is 26.9 Å². The Labute approximate surface area is 117 Å². The van der Waals surface area contributed by atoms with Crippen molar-refractivity contribution in [3.8, 4) is 17.2 Å². The summed E-state index contributed by atoms with van der Waals surface area (Å²) >= 11 is 5.97. The van der Waals surface area contributed by atoms with Crippen LogP contribution in [0.5, 0.6) is 17.2 Å². The SMILES string of the molecule is COc1cc(C(=O)O)c(CC(C)Cl)c(OC)c1OC. The molecule has 0 saturated carbocycles. The van der Waals surface area contributed by atoms with Gasteiger partial charge in [-0.2, -0.15) is 0 Å². The van der Waals surface area contributed by atoms with Gasteiger partial charge in [0.25, 0.3) is 0 Å². The molecule has 1 atom stereocenters. The van der Waals surface area contributed by atoms with E-state index in [1.165, 1.54) is 27.4 Å². The molecule has 5 nitrogen and oxygen atoms in total. The van der Waals surface area contributed by atoms with E-state index < -0.39 is 5.97 Å². The van der Waals surface area contributed by atoms with Crippen LogP contribution in [0.2, 0.25) is 0 Å². The molecule has 0 amide bonds. The number of carboxylic acid groups (broad SMARTS) is 1. The van der Waals surface area contributed by atoms with Gasteiger partial charge in [-0.25, -0.2) is 4.79 Å². The van der Waals surface area contributed by atoms with E-state index in [0.717, 1.165) is 0 Å². The molecule has 0 saturated heterocycles. The van der Waals surface area contributed by atoms with Crippen LogP contribution in [-0.2, 0) is 6.42 Å². The molecule has 106 valence electrons. The Balaban J connectivity index is 3.58. The fourth-order valence-electron chi connectivity index (χ4n) is 1.89. The van der Waals surface area contributed by atoms with E-state index in [4.69, 9.17) is 25.8 Å². The summed E-state index contributed by atoms with van der Waals surface area (Å²) in [5, 5.41) is 9.06. The minimum Gasteiger partial charge on any atom is -0.493 e. The molecule has 1 unspecified atom stereocenters. The number of methoxy groups -OCH3 is 3. The number of hydrogen-bond donors (Lipinski definition) is 1. The summed E-state index contributed by atoms with van der Waals surface area (Å²) in [5.74, 6) is -0.0524. The summed E-state index contributed by atoms with van der Waals surface area (Å²) in [6.45, 7) is 1.78. The predicted octanol–water partition coefficient (Wildman–Crippen LogP) is 2.58. The molecule has 6 heteroatoms. The van der Waals surface area contributed by atoms with E-state index in [1.807, 2.05) is 0 Å². The molecule has 0 aromatic heterocycles. The van der Waals surface area contributed by atoms with Crippen molar-refractivity contribution < 1.29 is 24.1 Å². The molecule has 0 bridgehead atoms. The minimum atomic E-state index is -1.06. The first-order chi connectivity index (χ1) is 8.96. The first kappa shape index (κ1) is 15.4. The topological polar surface area (TPSA) is 65.0 Å². The maximum Gasteiger partial charge on any atom is 0.336 e. The van der Waals surface area contributed by atoms with Gasteiger partial charge in [-0.3, -0.25) is 0 Å². The number of halogens is 1. The number of carbonyl (C=O) groups is 1. The van der Waals surface area contributed by atoms with E-state index in [0.29, 0.717) is 29.2 Å². The molecule has 1 N–H and O–H groups in total. The number of benzene rings is 1. The quantitative estimate of drug-likeness (QED) is 0.815. The van der Waals surface area contributed by atoms with Gasteiger partial charge in [0.15, 0.2) is 11.5 Å². The maximum atomic E-state index is 11.3. The molecular weight excluding hydrogens is 272 g/mol. The van der Waals surface area contributed by atoms with Crippen LogP contribution >= 0.6 is 11.6 Å².